The minimum atomic E-state index is 1.06. The van der Waals surface area contributed by atoms with Crippen LogP contribution in [0.15, 0.2) is 0 Å². The first-order valence-electron chi connectivity index (χ1n) is 4.19. The van der Waals surface area contributed by atoms with E-state index in [-0.39, 0.29) is 0 Å². The van der Waals surface area contributed by atoms with E-state index in [4.69, 9.17) is 0 Å². The van der Waals surface area contributed by atoms with Gasteiger partial charge in [-0.1, -0.05) is 18.4 Å². The summed E-state index contributed by atoms with van der Waals surface area (Å²) >= 11 is 1.92. The Hall–Kier alpha value is 0.310. The summed E-state index contributed by atoms with van der Waals surface area (Å²) in [6, 6.07) is 0. The maximum absolute atomic E-state index is 2.52. The van der Waals surface area contributed by atoms with Crippen LogP contribution in [0.4, 0.5) is 0 Å². The molecule has 1 aliphatic carbocycles. The predicted octanol–water partition coefficient (Wildman–Crippen LogP) is 2.00. The average Bonchev–Trinajstić information content (AvgIpc) is 2.42. The van der Waals surface area contributed by atoms with Crippen LogP contribution >= 0.6 is 11.9 Å². The van der Waals surface area contributed by atoms with E-state index in [2.05, 4.69) is 10.6 Å². The minimum Gasteiger partial charge on any atom is -0.250 e. The van der Waals surface area contributed by atoms with Crippen LogP contribution in [0, 0.1) is 11.8 Å². The van der Waals surface area contributed by atoms with E-state index in [1.165, 1.54) is 32.4 Å². The molecule has 2 fully saturated rings. The molecule has 0 aromatic heterocycles. The smallest absolute Gasteiger partial charge is 0.0121 e. The molecule has 0 aromatic rings. The maximum atomic E-state index is 2.52. The van der Waals surface area contributed by atoms with Gasteiger partial charge in [-0.05, 0) is 30.9 Å². The number of rotatable bonds is 1. The number of hydrogen-bond acceptors (Lipinski definition) is 2. The van der Waals surface area contributed by atoms with Crippen LogP contribution in [0.25, 0.3) is 0 Å². The molecule has 58 valence electrons. The highest BCUT2D eigenvalue weighted by Crippen LogP contribution is 2.39. The molecule has 0 aromatic carbocycles. The summed E-state index contributed by atoms with van der Waals surface area (Å²) in [7, 11) is 0. The van der Waals surface area contributed by atoms with E-state index in [1.807, 2.05) is 11.9 Å². The molecule has 1 aliphatic heterocycles. The Balaban J connectivity index is 1.94. The molecule has 1 heterocycles. The fourth-order valence-electron chi connectivity index (χ4n) is 2.34. The summed E-state index contributed by atoms with van der Waals surface area (Å²) in [5.74, 6) is 2.12. The highest BCUT2D eigenvalue weighted by Gasteiger charge is 2.35. The Morgan fingerprint density at radius 3 is 2.30 bits per heavy atom. The highest BCUT2D eigenvalue weighted by atomic mass is 32.2. The molecule has 0 radical (unpaired) electrons. The van der Waals surface area contributed by atoms with Crippen LogP contribution in [0.2, 0.25) is 0 Å². The summed E-state index contributed by atoms with van der Waals surface area (Å²) < 4.78 is 2.52. The van der Waals surface area contributed by atoms with Gasteiger partial charge >= 0.3 is 0 Å². The standard InChI is InChI=1S/C8H15NS/c1-10-9-5-7-3-2-4-8(7)6-9/h7-8H,2-6H2,1H3. The Labute approximate surface area is 67.3 Å². The van der Waals surface area contributed by atoms with E-state index >= 15 is 0 Å². The van der Waals surface area contributed by atoms with E-state index in [1.54, 1.807) is 0 Å². The summed E-state index contributed by atoms with van der Waals surface area (Å²) in [4.78, 5) is 0. The lowest BCUT2D eigenvalue weighted by atomic mass is 10.0. The van der Waals surface area contributed by atoms with E-state index in [0.29, 0.717) is 0 Å². The third-order valence-corrected chi connectivity index (χ3v) is 3.77. The number of fused-ring (bicyclic) bond motifs is 1. The van der Waals surface area contributed by atoms with Crippen molar-refractivity contribution in [2.45, 2.75) is 19.3 Å². The van der Waals surface area contributed by atoms with E-state index in [0.717, 1.165) is 11.8 Å². The molecule has 2 atom stereocenters. The predicted molar refractivity (Wildman–Crippen MR) is 45.9 cm³/mol. The quantitative estimate of drug-likeness (QED) is 0.536. The van der Waals surface area contributed by atoms with Crippen molar-refractivity contribution in [2.24, 2.45) is 11.8 Å². The molecule has 0 amide bonds. The SMILES string of the molecule is CSN1CC2CCCC2C1. The fraction of sp³-hybridized carbons (Fsp3) is 1.00. The van der Waals surface area contributed by atoms with Gasteiger partial charge in [0.05, 0.1) is 0 Å². The molecule has 2 aliphatic rings. The summed E-state index contributed by atoms with van der Waals surface area (Å²) in [6.45, 7) is 2.73. The normalized spacial score (nSPS) is 40.5. The average molecular weight is 157 g/mol. The topological polar surface area (TPSA) is 3.24 Å². The zero-order chi connectivity index (χ0) is 6.97. The van der Waals surface area contributed by atoms with Gasteiger partial charge in [-0.15, -0.1) is 0 Å². The van der Waals surface area contributed by atoms with Gasteiger partial charge in [-0.3, -0.25) is 4.31 Å². The van der Waals surface area contributed by atoms with Gasteiger partial charge in [0, 0.05) is 13.1 Å². The molecule has 2 heteroatoms. The first kappa shape index (κ1) is 6.99. The van der Waals surface area contributed by atoms with Crippen molar-refractivity contribution in [3.63, 3.8) is 0 Å². The molecule has 0 N–H and O–H groups in total. The van der Waals surface area contributed by atoms with Gasteiger partial charge in [-0.2, -0.15) is 0 Å². The second-order valence-corrected chi connectivity index (χ2v) is 4.36. The first-order valence-corrected chi connectivity index (χ1v) is 5.37. The molecular weight excluding hydrogens is 142 g/mol. The molecule has 1 nitrogen and oxygen atoms in total. The Bertz CT molecular complexity index is 114. The zero-order valence-corrected chi connectivity index (χ0v) is 7.36. The van der Waals surface area contributed by atoms with Crippen LogP contribution in [-0.2, 0) is 0 Å². The lowest BCUT2D eigenvalue weighted by Crippen LogP contribution is -2.11. The number of nitrogens with zero attached hydrogens (tertiary/aromatic N) is 1. The van der Waals surface area contributed by atoms with Crippen molar-refractivity contribution in [2.75, 3.05) is 19.3 Å². The Morgan fingerprint density at radius 2 is 1.80 bits per heavy atom. The van der Waals surface area contributed by atoms with E-state index < -0.39 is 0 Å². The van der Waals surface area contributed by atoms with E-state index in [9.17, 15) is 0 Å². The molecule has 0 spiro atoms. The van der Waals surface area contributed by atoms with Crippen molar-refractivity contribution >= 4 is 11.9 Å². The van der Waals surface area contributed by atoms with Crippen molar-refractivity contribution in [1.82, 2.24) is 4.31 Å². The van der Waals surface area contributed by atoms with Gasteiger partial charge in [0.25, 0.3) is 0 Å². The van der Waals surface area contributed by atoms with Crippen LogP contribution < -0.4 is 0 Å². The van der Waals surface area contributed by atoms with Crippen LogP contribution in [0.1, 0.15) is 19.3 Å². The molecule has 1 saturated carbocycles. The summed E-state index contributed by atoms with van der Waals surface area (Å²) in [6.07, 6.45) is 6.70. The lowest BCUT2D eigenvalue weighted by molar-refractivity contribution is 0.494. The molecule has 1 saturated heterocycles. The molecule has 2 rings (SSSR count). The van der Waals surface area contributed by atoms with Crippen molar-refractivity contribution in [3.8, 4) is 0 Å². The van der Waals surface area contributed by atoms with Gasteiger partial charge in [-0.25, -0.2) is 0 Å². The fourth-order valence-corrected chi connectivity index (χ4v) is 3.02. The summed E-state index contributed by atoms with van der Waals surface area (Å²) in [5.41, 5.74) is 0. The molecule has 10 heavy (non-hydrogen) atoms. The minimum absolute atomic E-state index is 1.06. The van der Waals surface area contributed by atoms with Gasteiger partial charge in [0.2, 0.25) is 0 Å². The van der Waals surface area contributed by atoms with Crippen molar-refractivity contribution in [1.29, 1.82) is 0 Å². The Morgan fingerprint density at radius 1 is 1.20 bits per heavy atom. The first-order chi connectivity index (χ1) is 4.90. The second kappa shape index (κ2) is 2.74. The second-order valence-electron chi connectivity index (χ2n) is 3.48. The molecular formula is C8H15NS. The van der Waals surface area contributed by atoms with Gasteiger partial charge in [0.15, 0.2) is 0 Å². The third-order valence-electron chi connectivity index (χ3n) is 2.95. The van der Waals surface area contributed by atoms with Crippen molar-refractivity contribution in [3.05, 3.63) is 0 Å². The lowest BCUT2D eigenvalue weighted by Gasteiger charge is -2.10. The van der Waals surface area contributed by atoms with Crippen LogP contribution in [-0.4, -0.2) is 23.7 Å². The number of hydrogen-bond donors (Lipinski definition) is 0. The monoisotopic (exact) mass is 157 g/mol. The largest absolute Gasteiger partial charge is 0.250 e. The van der Waals surface area contributed by atoms with Gasteiger partial charge < -0.3 is 0 Å². The highest BCUT2D eigenvalue weighted by molar-refractivity contribution is 7.96. The maximum Gasteiger partial charge on any atom is 0.0121 e. The van der Waals surface area contributed by atoms with Crippen molar-refractivity contribution < 1.29 is 0 Å². The summed E-state index contributed by atoms with van der Waals surface area (Å²) in [5, 5.41) is 0. The molecule has 0 bridgehead atoms. The van der Waals surface area contributed by atoms with Gasteiger partial charge in [0.1, 0.15) is 0 Å². The van der Waals surface area contributed by atoms with Crippen LogP contribution in [0.5, 0.6) is 0 Å². The third kappa shape index (κ3) is 1.08. The Kier molecular flexibility index (Phi) is 1.92. The zero-order valence-electron chi connectivity index (χ0n) is 6.55. The molecule has 2 unspecified atom stereocenters. The van der Waals surface area contributed by atoms with Crippen LogP contribution in [0.3, 0.4) is 0 Å².